The summed E-state index contributed by atoms with van der Waals surface area (Å²) >= 11 is 0. The van der Waals surface area contributed by atoms with E-state index in [0.717, 1.165) is 38.1 Å². The fraction of sp³-hybridized carbons (Fsp3) is 0.700. The highest BCUT2D eigenvalue weighted by Crippen LogP contribution is 2.16. The molecular weight excluding hydrogens is 178 g/mol. The highest BCUT2D eigenvalue weighted by atomic mass is 16.2. The van der Waals surface area contributed by atoms with Crippen molar-refractivity contribution < 1.29 is 5.11 Å². The molecule has 3 N–H and O–H groups in total. The maximum absolute atomic E-state index is 8.76. The van der Waals surface area contributed by atoms with Crippen LogP contribution in [0, 0.1) is 0 Å². The number of nitrogens with zero attached hydrogens (tertiary/aromatic N) is 2. The summed E-state index contributed by atoms with van der Waals surface area (Å²) in [7, 11) is 0. The molecule has 2 rings (SSSR count). The smallest absolute Gasteiger partial charge is 0.108 e. The molecule has 0 bridgehead atoms. The fourth-order valence-electron chi connectivity index (χ4n) is 1.97. The van der Waals surface area contributed by atoms with Crippen molar-refractivity contribution in [2.45, 2.75) is 38.3 Å². The van der Waals surface area contributed by atoms with Crippen LogP contribution in [0.2, 0.25) is 0 Å². The predicted octanol–water partition coefficient (Wildman–Crippen LogP) is 0.0815. The first-order valence-corrected chi connectivity index (χ1v) is 5.21. The number of hydrogen-bond donors (Lipinski definition) is 2. The Hall–Kier alpha value is -0.870. The van der Waals surface area contributed by atoms with Crippen LogP contribution < -0.4 is 5.73 Å². The molecule has 14 heavy (non-hydrogen) atoms. The molecule has 0 saturated carbocycles. The molecule has 2 heterocycles. The van der Waals surface area contributed by atoms with Crippen molar-refractivity contribution in [3.8, 4) is 0 Å². The first-order valence-electron chi connectivity index (χ1n) is 5.21. The summed E-state index contributed by atoms with van der Waals surface area (Å²) in [6.07, 6.45) is 5.67. The molecule has 1 aromatic rings. The van der Waals surface area contributed by atoms with Crippen molar-refractivity contribution in [3.05, 3.63) is 17.7 Å². The zero-order chi connectivity index (χ0) is 9.97. The van der Waals surface area contributed by atoms with Gasteiger partial charge in [-0.2, -0.15) is 0 Å². The van der Waals surface area contributed by atoms with Crippen LogP contribution in [-0.4, -0.2) is 27.3 Å². The van der Waals surface area contributed by atoms with E-state index in [0.29, 0.717) is 0 Å². The van der Waals surface area contributed by atoms with Crippen molar-refractivity contribution in [1.29, 1.82) is 0 Å². The molecule has 0 aliphatic carbocycles. The highest BCUT2D eigenvalue weighted by molar-refractivity contribution is 5.09. The van der Waals surface area contributed by atoms with Gasteiger partial charge in [-0.25, -0.2) is 4.98 Å². The third-order valence-corrected chi connectivity index (χ3v) is 2.77. The van der Waals surface area contributed by atoms with Crippen LogP contribution in [0.1, 0.15) is 24.4 Å². The molecule has 4 heteroatoms. The summed E-state index contributed by atoms with van der Waals surface area (Å²) in [5.41, 5.74) is 7.20. The second-order valence-electron chi connectivity index (χ2n) is 3.90. The average Bonchev–Trinajstić information content (AvgIpc) is 2.57. The number of aliphatic hydroxyl groups is 1. The maximum Gasteiger partial charge on any atom is 0.108 e. The quantitative estimate of drug-likeness (QED) is 0.718. The van der Waals surface area contributed by atoms with Gasteiger partial charge in [0.15, 0.2) is 0 Å². The van der Waals surface area contributed by atoms with Gasteiger partial charge in [0.2, 0.25) is 0 Å². The van der Waals surface area contributed by atoms with E-state index in [2.05, 4.69) is 9.55 Å². The van der Waals surface area contributed by atoms with Crippen molar-refractivity contribution >= 4 is 0 Å². The fourth-order valence-corrected chi connectivity index (χ4v) is 1.97. The van der Waals surface area contributed by atoms with E-state index in [1.165, 1.54) is 5.69 Å². The molecule has 0 radical (unpaired) electrons. The van der Waals surface area contributed by atoms with Gasteiger partial charge < -0.3 is 15.4 Å². The van der Waals surface area contributed by atoms with Gasteiger partial charge in [0, 0.05) is 37.5 Å². The number of rotatable bonds is 3. The lowest BCUT2D eigenvalue weighted by Crippen LogP contribution is -2.32. The Morgan fingerprint density at radius 1 is 1.64 bits per heavy atom. The number of aryl methyl sites for hydroxylation is 2. The summed E-state index contributed by atoms with van der Waals surface area (Å²) in [6.45, 7) is 1.12. The molecule has 1 atom stereocenters. The van der Waals surface area contributed by atoms with Crippen LogP contribution in [0.4, 0.5) is 0 Å². The van der Waals surface area contributed by atoms with E-state index in [9.17, 15) is 0 Å². The Bertz CT molecular complexity index is 308. The molecule has 1 unspecified atom stereocenters. The van der Waals surface area contributed by atoms with Crippen LogP contribution >= 0.6 is 0 Å². The van der Waals surface area contributed by atoms with Gasteiger partial charge in [0.05, 0.1) is 0 Å². The zero-order valence-corrected chi connectivity index (χ0v) is 8.32. The number of aromatic nitrogens is 2. The van der Waals surface area contributed by atoms with Crippen LogP contribution in [0.5, 0.6) is 0 Å². The van der Waals surface area contributed by atoms with Crippen molar-refractivity contribution in [1.82, 2.24) is 9.55 Å². The molecular formula is C10H17N3O. The van der Waals surface area contributed by atoms with Crippen LogP contribution in [0.3, 0.4) is 0 Å². The van der Waals surface area contributed by atoms with Crippen molar-refractivity contribution in [2.24, 2.45) is 5.73 Å². The number of imidazole rings is 1. The minimum atomic E-state index is 0.230. The number of hydrogen-bond acceptors (Lipinski definition) is 3. The molecule has 0 amide bonds. The molecule has 0 spiro atoms. The summed E-state index contributed by atoms with van der Waals surface area (Å²) in [6, 6.07) is 0.268. The molecule has 0 aromatic carbocycles. The Morgan fingerprint density at radius 3 is 3.29 bits per heavy atom. The van der Waals surface area contributed by atoms with Crippen molar-refractivity contribution in [2.75, 3.05) is 6.61 Å². The minimum Gasteiger partial charge on any atom is -0.396 e. The first kappa shape index (κ1) is 9.68. The molecule has 4 nitrogen and oxygen atoms in total. The maximum atomic E-state index is 8.76. The predicted molar refractivity (Wildman–Crippen MR) is 53.9 cm³/mol. The molecule has 0 fully saturated rings. The summed E-state index contributed by atoms with van der Waals surface area (Å²) in [5.74, 6) is 1.07. The third-order valence-electron chi connectivity index (χ3n) is 2.77. The normalized spacial score (nSPS) is 20.9. The van der Waals surface area contributed by atoms with Gasteiger partial charge in [-0.15, -0.1) is 0 Å². The lowest BCUT2D eigenvalue weighted by molar-refractivity contribution is 0.286. The highest BCUT2D eigenvalue weighted by Gasteiger charge is 2.18. The Morgan fingerprint density at radius 2 is 2.50 bits per heavy atom. The Labute approximate surface area is 83.8 Å². The summed E-state index contributed by atoms with van der Waals surface area (Å²) < 4.78 is 2.21. The van der Waals surface area contributed by atoms with E-state index in [1.807, 2.05) is 6.20 Å². The third kappa shape index (κ3) is 1.81. The largest absolute Gasteiger partial charge is 0.396 e. The lowest BCUT2D eigenvalue weighted by Gasteiger charge is -2.22. The van der Waals surface area contributed by atoms with E-state index in [4.69, 9.17) is 10.8 Å². The SMILES string of the molecule is NC1CCc2cnc(CCCO)n2C1. The lowest BCUT2D eigenvalue weighted by atomic mass is 10.1. The van der Waals surface area contributed by atoms with E-state index in [1.54, 1.807) is 0 Å². The minimum absolute atomic E-state index is 0.230. The zero-order valence-electron chi connectivity index (χ0n) is 8.32. The van der Waals surface area contributed by atoms with E-state index in [-0.39, 0.29) is 12.6 Å². The first-order chi connectivity index (χ1) is 6.81. The summed E-state index contributed by atoms with van der Waals surface area (Å²) in [5, 5.41) is 8.76. The standard InChI is InChI=1S/C10H17N3O/c11-8-3-4-9-6-12-10(2-1-5-14)13(9)7-8/h6,8,14H,1-5,7,11H2. The Kier molecular flexibility index (Phi) is 2.84. The van der Waals surface area contributed by atoms with Gasteiger partial charge in [-0.3, -0.25) is 0 Å². The van der Waals surface area contributed by atoms with Gasteiger partial charge in [0.1, 0.15) is 5.82 Å². The van der Waals surface area contributed by atoms with Crippen LogP contribution in [0.25, 0.3) is 0 Å². The second-order valence-corrected chi connectivity index (χ2v) is 3.90. The Balaban J connectivity index is 2.13. The van der Waals surface area contributed by atoms with Crippen LogP contribution in [-0.2, 0) is 19.4 Å². The van der Waals surface area contributed by atoms with E-state index >= 15 is 0 Å². The second kappa shape index (κ2) is 4.11. The number of nitrogens with two attached hydrogens (primary N) is 1. The topological polar surface area (TPSA) is 64.1 Å². The molecule has 78 valence electrons. The average molecular weight is 195 g/mol. The van der Waals surface area contributed by atoms with Gasteiger partial charge in [-0.05, 0) is 19.3 Å². The molecule has 1 aliphatic rings. The van der Waals surface area contributed by atoms with Gasteiger partial charge >= 0.3 is 0 Å². The van der Waals surface area contributed by atoms with Crippen molar-refractivity contribution in [3.63, 3.8) is 0 Å². The molecule has 0 saturated heterocycles. The summed E-state index contributed by atoms with van der Waals surface area (Å²) in [4.78, 5) is 4.37. The van der Waals surface area contributed by atoms with Gasteiger partial charge in [-0.1, -0.05) is 0 Å². The van der Waals surface area contributed by atoms with E-state index < -0.39 is 0 Å². The monoisotopic (exact) mass is 195 g/mol. The number of aliphatic hydroxyl groups excluding tert-OH is 1. The number of fused-ring (bicyclic) bond motifs is 1. The molecule has 1 aliphatic heterocycles. The van der Waals surface area contributed by atoms with Gasteiger partial charge in [0.25, 0.3) is 0 Å². The molecule has 1 aromatic heterocycles. The van der Waals surface area contributed by atoms with Crippen LogP contribution in [0.15, 0.2) is 6.20 Å².